The lowest BCUT2D eigenvalue weighted by molar-refractivity contribution is -0.141. The van der Waals surface area contributed by atoms with Crippen LogP contribution in [0.4, 0.5) is 0 Å². The normalized spacial score (nSPS) is 13.1. The van der Waals surface area contributed by atoms with Crippen LogP contribution in [0.1, 0.15) is 26.0 Å². The third-order valence-corrected chi connectivity index (χ3v) is 2.45. The fraction of sp³-hybridized carbons (Fsp3) is 0.417. The summed E-state index contributed by atoms with van der Waals surface area (Å²) in [6.07, 6.45) is 5.68. The maximum Gasteiger partial charge on any atom is 0.326 e. The molecule has 0 saturated heterocycles. The van der Waals surface area contributed by atoms with Gasteiger partial charge in [0.1, 0.15) is 6.04 Å². The quantitative estimate of drug-likeness (QED) is 0.654. The predicted octanol–water partition coefficient (Wildman–Crippen LogP) is 0.878. The molecular weight excluding hydrogens is 234 g/mol. The van der Waals surface area contributed by atoms with E-state index in [4.69, 9.17) is 5.11 Å². The summed E-state index contributed by atoms with van der Waals surface area (Å²) in [5, 5.41) is 11.5. The van der Waals surface area contributed by atoms with Crippen molar-refractivity contribution >= 4 is 11.9 Å². The number of carboxylic acids is 1. The Hall–Kier alpha value is -2.11. The number of allylic oxidation sites excluding steroid dienone is 1. The number of carbonyl (C=O) groups is 2. The van der Waals surface area contributed by atoms with E-state index in [1.807, 2.05) is 6.92 Å². The molecule has 0 aliphatic heterocycles. The Morgan fingerprint density at radius 1 is 1.61 bits per heavy atom. The molecule has 1 amide bonds. The molecule has 6 heteroatoms. The molecule has 0 aromatic carbocycles. The fourth-order valence-electron chi connectivity index (χ4n) is 1.49. The number of imidazole rings is 1. The van der Waals surface area contributed by atoms with Crippen LogP contribution in [-0.4, -0.2) is 33.0 Å². The van der Waals surface area contributed by atoms with Crippen LogP contribution in [-0.2, 0) is 16.0 Å². The summed E-state index contributed by atoms with van der Waals surface area (Å²) in [6, 6.07) is -0.960. The number of nitrogens with one attached hydrogen (secondary N) is 2. The van der Waals surface area contributed by atoms with E-state index in [1.165, 1.54) is 12.5 Å². The highest BCUT2D eigenvalue weighted by Gasteiger charge is 2.21. The van der Waals surface area contributed by atoms with E-state index in [0.717, 1.165) is 6.42 Å². The van der Waals surface area contributed by atoms with Gasteiger partial charge in [0.15, 0.2) is 0 Å². The molecule has 0 fully saturated rings. The Labute approximate surface area is 105 Å². The molecule has 0 spiro atoms. The van der Waals surface area contributed by atoms with Crippen LogP contribution in [0.2, 0.25) is 0 Å². The van der Waals surface area contributed by atoms with Crippen molar-refractivity contribution in [3.05, 3.63) is 29.9 Å². The van der Waals surface area contributed by atoms with Crippen molar-refractivity contribution in [2.24, 2.45) is 0 Å². The van der Waals surface area contributed by atoms with Crippen LogP contribution in [0.15, 0.2) is 24.2 Å². The summed E-state index contributed by atoms with van der Waals surface area (Å²) in [4.78, 5) is 29.4. The zero-order valence-electron chi connectivity index (χ0n) is 10.4. The minimum absolute atomic E-state index is 0.181. The van der Waals surface area contributed by atoms with Gasteiger partial charge in [0, 0.05) is 23.9 Å². The summed E-state index contributed by atoms with van der Waals surface area (Å²) in [7, 11) is 0. The largest absolute Gasteiger partial charge is 0.480 e. The lowest BCUT2D eigenvalue weighted by Crippen LogP contribution is -2.42. The number of aromatic nitrogens is 2. The molecule has 0 aliphatic rings. The monoisotopic (exact) mass is 251 g/mol. The topological polar surface area (TPSA) is 95.1 Å². The lowest BCUT2D eigenvalue weighted by atomic mass is 10.1. The van der Waals surface area contributed by atoms with Gasteiger partial charge >= 0.3 is 5.97 Å². The van der Waals surface area contributed by atoms with Gasteiger partial charge in [-0.1, -0.05) is 13.0 Å². The standard InChI is InChI=1S/C12H17N3O3/c1-3-4-8(2)11(16)15-10(12(17)18)5-9-6-13-7-14-9/h4,6-7,10H,3,5H2,1-2H3,(H,13,14)(H,15,16)(H,17,18)/b8-4-/t10-/m1/s1. The third kappa shape index (κ3) is 4.04. The number of amides is 1. The molecule has 98 valence electrons. The van der Waals surface area contributed by atoms with Gasteiger partial charge < -0.3 is 15.4 Å². The van der Waals surface area contributed by atoms with E-state index in [9.17, 15) is 9.59 Å². The summed E-state index contributed by atoms with van der Waals surface area (Å²) < 4.78 is 0. The molecule has 3 N–H and O–H groups in total. The lowest BCUT2D eigenvalue weighted by Gasteiger charge is -2.13. The summed E-state index contributed by atoms with van der Waals surface area (Å²) >= 11 is 0. The maximum atomic E-state index is 11.7. The number of hydrogen-bond donors (Lipinski definition) is 3. The smallest absolute Gasteiger partial charge is 0.326 e. The Balaban J connectivity index is 2.67. The van der Waals surface area contributed by atoms with E-state index in [1.54, 1.807) is 13.0 Å². The zero-order chi connectivity index (χ0) is 13.5. The molecule has 1 heterocycles. The van der Waals surface area contributed by atoms with Crippen LogP contribution in [0.3, 0.4) is 0 Å². The van der Waals surface area contributed by atoms with Crippen LogP contribution >= 0.6 is 0 Å². The summed E-state index contributed by atoms with van der Waals surface area (Å²) in [5.74, 6) is -1.42. The number of aromatic amines is 1. The number of H-pyrrole nitrogens is 1. The average Bonchev–Trinajstić information content (AvgIpc) is 2.81. The second kappa shape index (κ2) is 6.58. The first-order valence-corrected chi connectivity index (χ1v) is 5.72. The van der Waals surface area contributed by atoms with Crippen molar-refractivity contribution in [2.45, 2.75) is 32.7 Å². The van der Waals surface area contributed by atoms with Crippen molar-refractivity contribution in [3.63, 3.8) is 0 Å². The number of nitrogens with zero attached hydrogens (tertiary/aromatic N) is 1. The number of hydrogen-bond acceptors (Lipinski definition) is 3. The highest BCUT2D eigenvalue weighted by molar-refractivity contribution is 5.95. The highest BCUT2D eigenvalue weighted by atomic mass is 16.4. The van der Waals surface area contributed by atoms with Gasteiger partial charge in [-0.25, -0.2) is 9.78 Å². The number of carbonyl (C=O) groups excluding carboxylic acids is 1. The van der Waals surface area contributed by atoms with Crippen LogP contribution in [0.25, 0.3) is 0 Å². The van der Waals surface area contributed by atoms with E-state index in [2.05, 4.69) is 15.3 Å². The number of rotatable bonds is 6. The molecule has 18 heavy (non-hydrogen) atoms. The number of carboxylic acid groups (broad SMARTS) is 1. The maximum absolute atomic E-state index is 11.7. The molecule has 1 atom stereocenters. The number of aliphatic carboxylic acids is 1. The highest BCUT2D eigenvalue weighted by Crippen LogP contribution is 2.01. The predicted molar refractivity (Wildman–Crippen MR) is 65.9 cm³/mol. The first-order valence-electron chi connectivity index (χ1n) is 5.72. The summed E-state index contributed by atoms with van der Waals surface area (Å²) in [5.41, 5.74) is 1.19. The molecule has 1 rings (SSSR count). The molecule has 0 unspecified atom stereocenters. The third-order valence-electron chi connectivity index (χ3n) is 2.45. The van der Waals surface area contributed by atoms with Crippen molar-refractivity contribution in [1.82, 2.24) is 15.3 Å². The van der Waals surface area contributed by atoms with E-state index in [0.29, 0.717) is 11.3 Å². The van der Waals surface area contributed by atoms with Crippen LogP contribution in [0.5, 0.6) is 0 Å². The molecule has 6 nitrogen and oxygen atoms in total. The minimum Gasteiger partial charge on any atom is -0.480 e. The van der Waals surface area contributed by atoms with Gasteiger partial charge in [-0.15, -0.1) is 0 Å². The Morgan fingerprint density at radius 3 is 2.83 bits per heavy atom. The zero-order valence-corrected chi connectivity index (χ0v) is 10.4. The molecule has 1 aromatic rings. The van der Waals surface area contributed by atoms with E-state index < -0.39 is 12.0 Å². The Kier molecular flexibility index (Phi) is 5.10. The molecule has 0 radical (unpaired) electrons. The van der Waals surface area contributed by atoms with Crippen molar-refractivity contribution in [1.29, 1.82) is 0 Å². The SMILES string of the molecule is CC/C=C(/C)C(=O)N[C@H](Cc1cnc[nH]1)C(=O)O. The Bertz CT molecular complexity index is 437. The molecular formula is C12H17N3O3. The van der Waals surface area contributed by atoms with Gasteiger partial charge in [-0.3, -0.25) is 4.79 Å². The minimum atomic E-state index is -1.07. The first kappa shape index (κ1) is 14.0. The second-order valence-corrected chi connectivity index (χ2v) is 3.94. The van der Waals surface area contributed by atoms with Crippen molar-refractivity contribution < 1.29 is 14.7 Å². The first-order chi connectivity index (χ1) is 8.54. The molecule has 0 aliphatic carbocycles. The van der Waals surface area contributed by atoms with Crippen molar-refractivity contribution in [3.8, 4) is 0 Å². The second-order valence-electron chi connectivity index (χ2n) is 3.94. The molecule has 1 aromatic heterocycles. The van der Waals surface area contributed by atoms with Crippen molar-refractivity contribution in [2.75, 3.05) is 0 Å². The van der Waals surface area contributed by atoms with Gasteiger partial charge in [0.2, 0.25) is 5.91 Å². The Morgan fingerprint density at radius 2 is 2.33 bits per heavy atom. The van der Waals surface area contributed by atoms with Gasteiger partial charge in [-0.05, 0) is 13.3 Å². The average molecular weight is 251 g/mol. The summed E-state index contributed by atoms with van der Waals surface area (Å²) in [6.45, 7) is 3.57. The molecule has 0 bridgehead atoms. The van der Waals surface area contributed by atoms with Gasteiger partial charge in [-0.2, -0.15) is 0 Å². The van der Waals surface area contributed by atoms with Gasteiger partial charge in [0.25, 0.3) is 0 Å². The molecule has 0 saturated carbocycles. The van der Waals surface area contributed by atoms with E-state index in [-0.39, 0.29) is 12.3 Å². The van der Waals surface area contributed by atoms with Crippen LogP contribution in [0, 0.1) is 0 Å². The fourth-order valence-corrected chi connectivity index (χ4v) is 1.49. The van der Waals surface area contributed by atoms with Crippen LogP contribution < -0.4 is 5.32 Å². The van der Waals surface area contributed by atoms with E-state index >= 15 is 0 Å². The van der Waals surface area contributed by atoms with Gasteiger partial charge in [0.05, 0.1) is 6.33 Å².